The largest absolute Gasteiger partial charge is 0.462 e. The van der Waals surface area contributed by atoms with Crippen LogP contribution in [0.3, 0.4) is 0 Å². The number of rotatable bonds is 44. The lowest BCUT2D eigenvalue weighted by Crippen LogP contribution is -2.59. The molecule has 1 fully saturated rings. The van der Waals surface area contributed by atoms with E-state index in [2.05, 4.69) is 43.9 Å². The van der Waals surface area contributed by atoms with Crippen LogP contribution in [-0.4, -0.2) is 89.0 Å². The second-order valence-electron chi connectivity index (χ2n) is 18.1. The van der Waals surface area contributed by atoms with Gasteiger partial charge < -0.3 is 39.4 Å². The van der Waals surface area contributed by atoms with Crippen LogP contribution in [0, 0.1) is 0 Å². The molecule has 0 radical (unpaired) electrons. The van der Waals surface area contributed by atoms with Crippen molar-refractivity contribution in [3.8, 4) is 0 Å². The van der Waals surface area contributed by atoms with E-state index in [1.807, 2.05) is 0 Å². The summed E-state index contributed by atoms with van der Waals surface area (Å²) in [6, 6.07) is 0. The van der Waals surface area contributed by atoms with Gasteiger partial charge in [-0.2, -0.15) is 0 Å². The molecule has 6 atom stereocenters. The molecule has 2 unspecified atom stereocenters. The number of hydrogen-bond donors (Lipinski definition) is 4. The molecule has 0 bridgehead atoms. The number of carbonyl (C=O) groups excluding carboxylic acids is 2. The molecule has 1 saturated heterocycles. The van der Waals surface area contributed by atoms with Gasteiger partial charge in [-0.1, -0.05) is 180 Å². The Balaban J connectivity index is 2.26. The summed E-state index contributed by atoms with van der Waals surface area (Å²) in [6.45, 7) is 3.39. The summed E-state index contributed by atoms with van der Waals surface area (Å²) >= 11 is 0. The first kappa shape index (κ1) is 59.0. The van der Waals surface area contributed by atoms with Crippen molar-refractivity contribution in [3.05, 3.63) is 30.0 Å². The van der Waals surface area contributed by atoms with Crippen LogP contribution in [0.5, 0.6) is 0 Å². The molecule has 0 aromatic heterocycles. The average Bonchev–Trinajstić information content (AvgIpc) is 3.28. The Labute approximate surface area is 385 Å². The van der Waals surface area contributed by atoms with Crippen LogP contribution in [0.15, 0.2) is 30.0 Å². The highest BCUT2D eigenvalue weighted by atomic mass is 16.7. The zero-order valence-corrected chi connectivity index (χ0v) is 40.4. The average molecular weight is 893 g/mol. The van der Waals surface area contributed by atoms with Gasteiger partial charge >= 0.3 is 11.9 Å². The second-order valence-corrected chi connectivity index (χ2v) is 18.1. The molecular formula is C53H96O10. The standard InChI is InChI=1S/C53H96O10/c1-3-5-7-9-11-13-15-17-19-20-21-22-23-24-25-26-28-30-32-34-36-38-40-42-49(56)62-46(45-61-53-52(59)51(58)50(57)47(43-54)63-53)44-60-48(55)41-39-37-35-33-31-29-27-18-16-14-12-10-8-6-4-2/h16,27,34,36,46-47,50-54,57-59H,3-15,17,19-26,28-33,35,37-45H2,1-2H3/b36-34+/t18?,46-,47-,50+,51?,52?,53-/m1/s1. The van der Waals surface area contributed by atoms with E-state index in [1.165, 1.54) is 148 Å². The first-order valence-electron chi connectivity index (χ1n) is 26.2. The number of unbranched alkanes of at least 4 members (excludes halogenated alkanes) is 29. The van der Waals surface area contributed by atoms with Gasteiger partial charge in [0.25, 0.3) is 0 Å². The van der Waals surface area contributed by atoms with Crippen LogP contribution in [-0.2, 0) is 28.5 Å². The quantitative estimate of drug-likeness (QED) is 0.0201. The van der Waals surface area contributed by atoms with E-state index in [-0.39, 0.29) is 26.1 Å². The molecule has 1 heterocycles. The van der Waals surface area contributed by atoms with E-state index in [1.54, 1.807) is 0 Å². The molecule has 1 rings (SSSR count). The number of ether oxygens (including phenoxy) is 4. The zero-order chi connectivity index (χ0) is 45.9. The fraction of sp³-hybridized carbons (Fsp3) is 0.868. The number of esters is 2. The van der Waals surface area contributed by atoms with E-state index in [0.717, 1.165) is 51.4 Å². The third-order valence-electron chi connectivity index (χ3n) is 12.1. The summed E-state index contributed by atoms with van der Waals surface area (Å²) in [7, 11) is 0. The minimum atomic E-state index is -1.60. The van der Waals surface area contributed by atoms with Crippen molar-refractivity contribution in [2.24, 2.45) is 0 Å². The first-order valence-corrected chi connectivity index (χ1v) is 26.2. The lowest BCUT2D eigenvalue weighted by molar-refractivity contribution is -0.305. The fourth-order valence-electron chi connectivity index (χ4n) is 7.94. The number of aliphatic hydroxyl groups excluding tert-OH is 4. The summed E-state index contributed by atoms with van der Waals surface area (Å²) in [5, 5.41) is 40.2. The van der Waals surface area contributed by atoms with E-state index in [4.69, 9.17) is 18.9 Å². The lowest BCUT2D eigenvalue weighted by Gasteiger charge is -2.39. The number of hydrogen-bond acceptors (Lipinski definition) is 10. The van der Waals surface area contributed by atoms with Crippen molar-refractivity contribution < 1.29 is 49.0 Å². The van der Waals surface area contributed by atoms with Crippen molar-refractivity contribution in [3.63, 3.8) is 0 Å². The number of allylic oxidation sites excluding steroid dienone is 3. The third-order valence-corrected chi connectivity index (χ3v) is 12.1. The van der Waals surface area contributed by atoms with E-state index >= 15 is 0 Å². The molecule has 0 saturated carbocycles. The molecule has 0 aromatic rings. The van der Waals surface area contributed by atoms with Crippen LogP contribution in [0.4, 0.5) is 0 Å². The molecule has 0 aliphatic carbocycles. The van der Waals surface area contributed by atoms with Gasteiger partial charge in [-0.25, -0.2) is 0 Å². The molecule has 1 aliphatic heterocycles. The smallest absolute Gasteiger partial charge is 0.306 e. The summed E-state index contributed by atoms with van der Waals surface area (Å²) in [6.07, 6.45) is 41.2. The summed E-state index contributed by atoms with van der Waals surface area (Å²) in [5.41, 5.74) is 3.30. The minimum absolute atomic E-state index is 0.180. The summed E-state index contributed by atoms with van der Waals surface area (Å²) in [4.78, 5) is 25.4. The van der Waals surface area contributed by atoms with E-state index < -0.39 is 55.4 Å². The normalized spacial score (nSPS) is 19.2. The monoisotopic (exact) mass is 893 g/mol. The minimum Gasteiger partial charge on any atom is -0.462 e. The Kier molecular flexibility index (Phi) is 41.0. The Bertz CT molecular complexity index is 1130. The van der Waals surface area contributed by atoms with Crippen molar-refractivity contribution in [1.29, 1.82) is 0 Å². The van der Waals surface area contributed by atoms with Crippen molar-refractivity contribution in [2.45, 2.75) is 275 Å². The molecule has 1 aliphatic rings. The Hall–Kier alpha value is -2.04. The fourth-order valence-corrected chi connectivity index (χ4v) is 7.94. The van der Waals surface area contributed by atoms with Crippen LogP contribution in [0.25, 0.3) is 0 Å². The number of carbonyl (C=O) groups is 2. The van der Waals surface area contributed by atoms with Gasteiger partial charge in [0.05, 0.1) is 13.2 Å². The van der Waals surface area contributed by atoms with Gasteiger partial charge in [0.1, 0.15) is 31.0 Å². The Morgan fingerprint density at radius 2 is 0.952 bits per heavy atom. The van der Waals surface area contributed by atoms with Gasteiger partial charge in [0, 0.05) is 12.8 Å². The first-order chi connectivity index (χ1) is 30.8. The topological polar surface area (TPSA) is 152 Å². The van der Waals surface area contributed by atoms with Crippen LogP contribution < -0.4 is 0 Å². The van der Waals surface area contributed by atoms with Gasteiger partial charge in [-0.3, -0.25) is 9.59 Å². The molecule has 10 heteroatoms. The highest BCUT2D eigenvalue weighted by Gasteiger charge is 2.44. The Morgan fingerprint density at radius 3 is 1.44 bits per heavy atom. The molecular weight excluding hydrogens is 797 g/mol. The second kappa shape index (κ2) is 43.8. The van der Waals surface area contributed by atoms with Crippen molar-refractivity contribution >= 4 is 11.9 Å². The highest BCUT2D eigenvalue weighted by molar-refractivity contribution is 5.70. The summed E-state index contributed by atoms with van der Waals surface area (Å²) < 4.78 is 22.2. The van der Waals surface area contributed by atoms with Crippen LogP contribution in [0.1, 0.15) is 239 Å². The van der Waals surface area contributed by atoms with E-state index in [9.17, 15) is 30.0 Å². The maximum atomic E-state index is 12.8. The molecule has 63 heavy (non-hydrogen) atoms. The van der Waals surface area contributed by atoms with Crippen molar-refractivity contribution in [1.82, 2.24) is 0 Å². The molecule has 0 spiro atoms. The predicted molar refractivity (Wildman–Crippen MR) is 255 cm³/mol. The van der Waals surface area contributed by atoms with Crippen molar-refractivity contribution in [2.75, 3.05) is 19.8 Å². The maximum absolute atomic E-state index is 12.8. The number of aliphatic hydroxyl groups is 4. The molecule has 10 nitrogen and oxygen atoms in total. The van der Waals surface area contributed by atoms with Crippen LogP contribution >= 0.6 is 0 Å². The molecule has 4 N–H and O–H groups in total. The van der Waals surface area contributed by atoms with Gasteiger partial charge in [-0.15, -0.1) is 5.73 Å². The van der Waals surface area contributed by atoms with Gasteiger partial charge in [0.15, 0.2) is 12.4 Å². The third kappa shape index (κ3) is 34.9. The maximum Gasteiger partial charge on any atom is 0.306 e. The lowest BCUT2D eigenvalue weighted by atomic mass is 9.99. The SMILES string of the molecule is CCCCCCCC=C=CCCCCCCCC(=O)OC[C@H](CO[C@@H]1O[C@H](CO)[C@H](O)C(O)C1O)OC(=O)CCC/C=C/CCCCCCCCCCCCCCCCCCCC. The van der Waals surface area contributed by atoms with Crippen LogP contribution in [0.2, 0.25) is 0 Å². The predicted octanol–water partition coefficient (Wildman–Crippen LogP) is 12.2. The molecule has 0 aromatic carbocycles. The highest BCUT2D eigenvalue weighted by Crippen LogP contribution is 2.23. The zero-order valence-electron chi connectivity index (χ0n) is 40.4. The Morgan fingerprint density at radius 1 is 0.524 bits per heavy atom. The molecule has 0 amide bonds. The molecule has 368 valence electrons. The van der Waals surface area contributed by atoms with Gasteiger partial charge in [-0.05, 0) is 69.9 Å². The van der Waals surface area contributed by atoms with Gasteiger partial charge in [0.2, 0.25) is 0 Å². The van der Waals surface area contributed by atoms with E-state index in [0.29, 0.717) is 12.8 Å². The summed E-state index contributed by atoms with van der Waals surface area (Å²) in [5.74, 6) is -0.857.